The van der Waals surface area contributed by atoms with Crippen molar-refractivity contribution in [3.63, 3.8) is 0 Å². The van der Waals surface area contributed by atoms with Gasteiger partial charge in [-0.05, 0) is 92.4 Å². The van der Waals surface area contributed by atoms with Gasteiger partial charge in [0.15, 0.2) is 23.0 Å². The normalized spacial score (nSPS) is 19.0. The molecule has 56 heavy (non-hydrogen) atoms. The van der Waals surface area contributed by atoms with Gasteiger partial charge in [-0.25, -0.2) is 16.8 Å². The highest BCUT2D eigenvalue weighted by Crippen LogP contribution is 2.48. The van der Waals surface area contributed by atoms with E-state index in [1.165, 1.54) is 28.4 Å². The van der Waals surface area contributed by atoms with Gasteiger partial charge in [0.1, 0.15) is 0 Å². The quantitative estimate of drug-likeness (QED) is 0.176. The SMILES string of the molecule is COc1c2cc(C(C)(C)C)cc1S(=O)c1cc(C(C)(C)C)cc(c1OC)S(=O)c1cc(C(C)(C)C)cc(c1OC)S(=O)c1cc(C(C)(C)C)cc(c1OC)S2=O. The van der Waals surface area contributed by atoms with Crippen molar-refractivity contribution in [3.8, 4) is 23.0 Å². The second-order valence-electron chi connectivity index (χ2n) is 18.1. The van der Waals surface area contributed by atoms with Gasteiger partial charge < -0.3 is 18.9 Å². The van der Waals surface area contributed by atoms with Gasteiger partial charge in [-0.3, -0.25) is 0 Å². The van der Waals surface area contributed by atoms with E-state index in [4.69, 9.17) is 18.9 Å². The summed E-state index contributed by atoms with van der Waals surface area (Å²) in [6.45, 7) is 24.3. The number of benzene rings is 4. The van der Waals surface area contributed by atoms with Gasteiger partial charge in [0.2, 0.25) is 0 Å². The van der Waals surface area contributed by atoms with Gasteiger partial charge in [-0.2, -0.15) is 0 Å². The molecule has 1 aliphatic rings. The molecule has 8 nitrogen and oxygen atoms in total. The van der Waals surface area contributed by atoms with E-state index in [-0.39, 0.29) is 62.2 Å². The largest absolute Gasteiger partial charge is 0.494 e. The van der Waals surface area contributed by atoms with Crippen LogP contribution in [0, 0.1) is 0 Å². The van der Waals surface area contributed by atoms with Crippen molar-refractivity contribution in [2.24, 2.45) is 0 Å². The summed E-state index contributed by atoms with van der Waals surface area (Å²) in [4.78, 5) is 2.23. The fourth-order valence-corrected chi connectivity index (χ4v) is 12.4. The molecule has 4 aromatic carbocycles. The molecular weight excluding hydrogens is 785 g/mol. The first-order valence-corrected chi connectivity index (χ1v) is 23.0. The van der Waals surface area contributed by atoms with Gasteiger partial charge in [0.25, 0.3) is 0 Å². The molecule has 304 valence electrons. The topological polar surface area (TPSA) is 105 Å². The predicted octanol–water partition coefficient (Wildman–Crippen LogP) is 9.89. The summed E-state index contributed by atoms with van der Waals surface area (Å²) in [6, 6.07) is 14.6. The molecule has 0 fully saturated rings. The first kappa shape index (κ1) is 43.8. The lowest BCUT2D eigenvalue weighted by atomic mass is 9.87. The van der Waals surface area contributed by atoms with Crippen molar-refractivity contribution in [3.05, 3.63) is 70.8 Å². The summed E-state index contributed by atoms with van der Waals surface area (Å²) in [5.41, 5.74) is 1.20. The zero-order valence-electron chi connectivity index (χ0n) is 35.5. The molecule has 0 N–H and O–H groups in total. The molecule has 4 aromatic rings. The molecule has 12 heteroatoms. The summed E-state index contributed by atoms with van der Waals surface area (Å²) in [7, 11) is -2.18. The number of methoxy groups -OCH3 is 4. The average Bonchev–Trinajstić information content (AvgIpc) is 3.12. The third kappa shape index (κ3) is 8.05. The number of hydrogen-bond donors (Lipinski definition) is 0. The summed E-state index contributed by atoms with van der Waals surface area (Å²) in [5, 5.41) is 0. The minimum atomic E-state index is -2.01. The molecular formula is C44H56O8S4. The van der Waals surface area contributed by atoms with Gasteiger partial charge >= 0.3 is 0 Å². The Labute approximate surface area is 343 Å². The molecule has 0 aliphatic carbocycles. The van der Waals surface area contributed by atoms with Crippen LogP contribution in [-0.2, 0) is 64.9 Å². The molecule has 0 atom stereocenters. The Morgan fingerprint density at radius 1 is 0.304 bits per heavy atom. The lowest BCUT2D eigenvalue weighted by Crippen LogP contribution is -2.18. The molecule has 0 saturated heterocycles. The third-order valence-electron chi connectivity index (χ3n) is 9.96. The highest BCUT2D eigenvalue weighted by atomic mass is 32.2. The van der Waals surface area contributed by atoms with Crippen molar-refractivity contribution in [1.29, 1.82) is 0 Å². The van der Waals surface area contributed by atoms with Crippen LogP contribution in [0.1, 0.15) is 105 Å². The van der Waals surface area contributed by atoms with Crippen LogP contribution in [-0.4, -0.2) is 45.3 Å². The number of fused-ring (bicyclic) bond motifs is 8. The highest BCUT2D eigenvalue weighted by Gasteiger charge is 2.36. The van der Waals surface area contributed by atoms with Gasteiger partial charge in [0.05, 0.1) is 111 Å². The fourth-order valence-electron chi connectivity index (χ4n) is 6.42. The van der Waals surface area contributed by atoms with E-state index in [0.29, 0.717) is 0 Å². The lowest BCUT2D eigenvalue weighted by Gasteiger charge is -2.27. The van der Waals surface area contributed by atoms with E-state index < -0.39 is 64.9 Å². The molecule has 1 aliphatic heterocycles. The first-order valence-electron chi connectivity index (χ1n) is 18.4. The van der Waals surface area contributed by atoms with Gasteiger partial charge in [-0.1, -0.05) is 83.1 Å². The van der Waals surface area contributed by atoms with Gasteiger partial charge in [-0.15, -0.1) is 0 Å². The number of hydrogen-bond acceptors (Lipinski definition) is 8. The molecule has 0 radical (unpaired) electrons. The van der Waals surface area contributed by atoms with Crippen molar-refractivity contribution in [1.82, 2.24) is 0 Å². The molecule has 5 rings (SSSR count). The molecule has 0 spiro atoms. The zero-order valence-corrected chi connectivity index (χ0v) is 38.8. The van der Waals surface area contributed by atoms with E-state index in [1.54, 1.807) is 0 Å². The van der Waals surface area contributed by atoms with Crippen LogP contribution in [0.2, 0.25) is 0 Å². The third-order valence-corrected chi connectivity index (χ3v) is 15.6. The highest BCUT2D eigenvalue weighted by molar-refractivity contribution is 7.87. The minimum Gasteiger partial charge on any atom is -0.494 e. The summed E-state index contributed by atoms with van der Waals surface area (Å²) in [5.74, 6) is 0.668. The van der Waals surface area contributed by atoms with E-state index in [2.05, 4.69) is 0 Å². The molecule has 1 heterocycles. The maximum absolute atomic E-state index is 15.4. The van der Waals surface area contributed by atoms with Crippen molar-refractivity contribution >= 4 is 43.2 Å². The van der Waals surface area contributed by atoms with Crippen molar-refractivity contribution in [2.75, 3.05) is 28.4 Å². The second-order valence-corrected chi connectivity index (χ2v) is 23.8. The van der Waals surface area contributed by atoms with Crippen LogP contribution < -0.4 is 18.9 Å². The maximum Gasteiger partial charge on any atom is 0.151 e. The van der Waals surface area contributed by atoms with Crippen molar-refractivity contribution < 1.29 is 35.8 Å². The molecule has 0 unspecified atom stereocenters. The minimum absolute atomic E-state index is 0.167. The van der Waals surface area contributed by atoms with Gasteiger partial charge in [0, 0.05) is 0 Å². The van der Waals surface area contributed by atoms with E-state index in [1.807, 2.05) is 132 Å². The summed E-state index contributed by atoms with van der Waals surface area (Å²) >= 11 is 0. The van der Waals surface area contributed by atoms with Crippen LogP contribution in [0.4, 0.5) is 0 Å². The Morgan fingerprint density at radius 2 is 0.429 bits per heavy atom. The van der Waals surface area contributed by atoms with Crippen LogP contribution >= 0.6 is 0 Å². The molecule has 0 saturated carbocycles. The Morgan fingerprint density at radius 3 is 0.518 bits per heavy atom. The monoisotopic (exact) mass is 840 g/mol. The van der Waals surface area contributed by atoms with E-state index >= 15 is 16.8 Å². The molecule has 8 bridgehead atoms. The smallest absolute Gasteiger partial charge is 0.151 e. The maximum atomic E-state index is 15.4. The molecule has 0 aromatic heterocycles. The van der Waals surface area contributed by atoms with Crippen molar-refractivity contribution in [2.45, 2.75) is 144 Å². The van der Waals surface area contributed by atoms with Crippen LogP contribution in [0.5, 0.6) is 23.0 Å². The summed E-state index contributed by atoms with van der Waals surface area (Å²) < 4.78 is 85.7. The lowest BCUT2D eigenvalue weighted by molar-refractivity contribution is 0.385. The van der Waals surface area contributed by atoms with E-state index in [0.717, 1.165) is 22.3 Å². The first-order chi connectivity index (χ1) is 25.8. The zero-order chi connectivity index (χ0) is 42.0. The average molecular weight is 841 g/mol. The Bertz CT molecular complexity index is 1880. The standard InChI is InChI=1S/C44H56O8S4/c1-41(2,3)25-17-29-37(49-13)30(18-25)54(46)32-20-27(43(7,8)9)22-34(39(32)51-15)56(48)36-24-28(44(10,11)12)23-35(40(36)52-16)55(47)33-21-26(42(4,5)6)19-31(53(29)45)38(33)50-14/h17-24H,1-16H3. The Kier molecular flexibility index (Phi) is 12.1. The number of rotatable bonds is 4. The second kappa shape index (κ2) is 15.5. The van der Waals surface area contributed by atoms with E-state index in [9.17, 15) is 0 Å². The predicted molar refractivity (Wildman–Crippen MR) is 225 cm³/mol. The fraction of sp³-hybridized carbons (Fsp3) is 0.455. The summed E-state index contributed by atoms with van der Waals surface area (Å²) in [6.07, 6.45) is 0. The Hall–Kier alpha value is -3.32. The van der Waals surface area contributed by atoms with Crippen LogP contribution in [0.25, 0.3) is 0 Å². The van der Waals surface area contributed by atoms with Crippen LogP contribution in [0.15, 0.2) is 87.7 Å². The molecule has 0 amide bonds. The number of ether oxygens (including phenoxy) is 4. The van der Waals surface area contributed by atoms with Crippen LogP contribution in [0.3, 0.4) is 0 Å². The Balaban J connectivity index is 2.13.